The molecule has 2 N–H and O–H groups in total. The average molecular weight is 236 g/mol. The summed E-state index contributed by atoms with van der Waals surface area (Å²) in [7, 11) is 0. The van der Waals surface area contributed by atoms with Gasteiger partial charge in [-0.3, -0.25) is 9.48 Å². The number of carbonyl (C=O) groups excluding carboxylic acids is 1. The van der Waals surface area contributed by atoms with E-state index in [1.807, 2.05) is 17.2 Å². The highest BCUT2D eigenvalue weighted by molar-refractivity contribution is 5.76. The first-order valence-electron chi connectivity index (χ1n) is 6.16. The molecule has 1 amide bonds. The Bertz CT molecular complexity index is 363. The Balaban J connectivity index is 1.91. The lowest BCUT2D eigenvalue weighted by molar-refractivity contribution is -0.134. The van der Waals surface area contributed by atoms with Crippen molar-refractivity contribution < 1.29 is 4.79 Å². The van der Waals surface area contributed by atoms with Gasteiger partial charge in [0.05, 0.1) is 0 Å². The Hall–Kier alpha value is -1.36. The largest absolute Gasteiger partial charge is 0.341 e. The van der Waals surface area contributed by atoms with E-state index >= 15 is 0 Å². The molecule has 5 heteroatoms. The number of hydrogen-bond acceptors (Lipinski definition) is 3. The van der Waals surface area contributed by atoms with E-state index in [1.165, 1.54) is 0 Å². The SMILES string of the molecule is CC1CCN(C(=O)Cn2cccn2)CC1CN. The van der Waals surface area contributed by atoms with Gasteiger partial charge in [0.1, 0.15) is 6.54 Å². The fourth-order valence-electron chi connectivity index (χ4n) is 2.32. The van der Waals surface area contributed by atoms with E-state index in [2.05, 4.69) is 12.0 Å². The van der Waals surface area contributed by atoms with Gasteiger partial charge in [0, 0.05) is 25.5 Å². The molecular formula is C12H20N4O. The molecule has 0 bridgehead atoms. The lowest BCUT2D eigenvalue weighted by Crippen LogP contribution is -2.46. The molecular weight excluding hydrogens is 216 g/mol. The van der Waals surface area contributed by atoms with Crippen molar-refractivity contribution in [2.45, 2.75) is 19.9 Å². The molecule has 0 aliphatic carbocycles. The van der Waals surface area contributed by atoms with Crippen LogP contribution < -0.4 is 5.73 Å². The lowest BCUT2D eigenvalue weighted by atomic mass is 9.87. The number of amides is 1. The third-order valence-corrected chi connectivity index (χ3v) is 3.63. The van der Waals surface area contributed by atoms with Gasteiger partial charge >= 0.3 is 0 Å². The quantitative estimate of drug-likeness (QED) is 0.822. The van der Waals surface area contributed by atoms with Crippen molar-refractivity contribution in [3.05, 3.63) is 18.5 Å². The molecule has 1 aromatic heterocycles. The summed E-state index contributed by atoms with van der Waals surface area (Å²) < 4.78 is 1.66. The fraction of sp³-hybridized carbons (Fsp3) is 0.667. The predicted octanol–water partition coefficient (Wildman–Crippen LogP) is 0.326. The normalized spacial score (nSPS) is 24.9. The van der Waals surface area contributed by atoms with Crippen LogP contribution in [-0.2, 0) is 11.3 Å². The predicted molar refractivity (Wildman–Crippen MR) is 65.1 cm³/mol. The molecule has 94 valence electrons. The number of nitrogens with two attached hydrogens (primary N) is 1. The summed E-state index contributed by atoms with van der Waals surface area (Å²) in [6.45, 7) is 4.84. The molecule has 0 aromatic carbocycles. The number of aromatic nitrogens is 2. The van der Waals surface area contributed by atoms with Crippen molar-refractivity contribution in [2.24, 2.45) is 17.6 Å². The first-order chi connectivity index (χ1) is 8.20. The standard InChI is InChI=1S/C12H20N4O/c1-10-3-6-15(8-11(10)7-13)12(17)9-16-5-2-4-14-16/h2,4-5,10-11H,3,6-9,13H2,1H3. The molecule has 2 heterocycles. The maximum atomic E-state index is 12.1. The van der Waals surface area contributed by atoms with Gasteiger partial charge in [0.15, 0.2) is 0 Å². The number of nitrogens with zero attached hydrogens (tertiary/aromatic N) is 3. The summed E-state index contributed by atoms with van der Waals surface area (Å²) >= 11 is 0. The molecule has 1 aromatic rings. The highest BCUT2D eigenvalue weighted by Crippen LogP contribution is 2.22. The van der Waals surface area contributed by atoms with Gasteiger partial charge in [-0.2, -0.15) is 5.10 Å². The van der Waals surface area contributed by atoms with E-state index in [0.717, 1.165) is 19.5 Å². The third kappa shape index (κ3) is 2.85. The smallest absolute Gasteiger partial charge is 0.244 e. The van der Waals surface area contributed by atoms with Gasteiger partial charge < -0.3 is 10.6 Å². The fourth-order valence-corrected chi connectivity index (χ4v) is 2.32. The zero-order valence-corrected chi connectivity index (χ0v) is 10.2. The topological polar surface area (TPSA) is 64.2 Å². The number of hydrogen-bond donors (Lipinski definition) is 1. The van der Waals surface area contributed by atoms with Crippen LogP contribution in [0, 0.1) is 11.8 Å². The Morgan fingerprint density at radius 3 is 3.06 bits per heavy atom. The molecule has 2 unspecified atom stereocenters. The second-order valence-corrected chi connectivity index (χ2v) is 4.81. The summed E-state index contributed by atoms with van der Waals surface area (Å²) in [6, 6.07) is 1.83. The maximum Gasteiger partial charge on any atom is 0.244 e. The molecule has 0 saturated carbocycles. The first-order valence-corrected chi connectivity index (χ1v) is 6.16. The summed E-state index contributed by atoms with van der Waals surface area (Å²) in [5.41, 5.74) is 5.74. The van der Waals surface area contributed by atoms with E-state index in [1.54, 1.807) is 10.9 Å². The van der Waals surface area contributed by atoms with Crippen LogP contribution in [0.3, 0.4) is 0 Å². The Labute approximate surface area is 102 Å². The van der Waals surface area contributed by atoms with Gasteiger partial charge in [-0.25, -0.2) is 0 Å². The maximum absolute atomic E-state index is 12.1. The Morgan fingerprint density at radius 2 is 2.41 bits per heavy atom. The summed E-state index contributed by atoms with van der Waals surface area (Å²) in [6.07, 6.45) is 4.55. The van der Waals surface area contributed by atoms with Gasteiger partial charge in [0.25, 0.3) is 0 Å². The van der Waals surface area contributed by atoms with E-state index in [9.17, 15) is 4.79 Å². The van der Waals surface area contributed by atoms with Crippen molar-refractivity contribution in [1.29, 1.82) is 0 Å². The van der Waals surface area contributed by atoms with Crippen LogP contribution in [0.4, 0.5) is 0 Å². The van der Waals surface area contributed by atoms with E-state index in [-0.39, 0.29) is 5.91 Å². The molecule has 2 atom stereocenters. The number of piperidine rings is 1. The van der Waals surface area contributed by atoms with Crippen LogP contribution in [0.25, 0.3) is 0 Å². The first kappa shape index (κ1) is 12.1. The molecule has 1 aliphatic heterocycles. The number of likely N-dealkylation sites (tertiary alicyclic amines) is 1. The van der Waals surface area contributed by atoms with Crippen molar-refractivity contribution >= 4 is 5.91 Å². The molecule has 0 radical (unpaired) electrons. The molecule has 5 nitrogen and oxygen atoms in total. The van der Waals surface area contributed by atoms with Crippen LogP contribution in [0.1, 0.15) is 13.3 Å². The molecule has 1 fully saturated rings. The second kappa shape index (κ2) is 5.31. The lowest BCUT2D eigenvalue weighted by Gasteiger charge is -2.36. The molecule has 1 aliphatic rings. The second-order valence-electron chi connectivity index (χ2n) is 4.81. The number of rotatable bonds is 3. The summed E-state index contributed by atoms with van der Waals surface area (Å²) in [5.74, 6) is 1.19. The van der Waals surface area contributed by atoms with Gasteiger partial charge in [0.2, 0.25) is 5.91 Å². The zero-order chi connectivity index (χ0) is 12.3. The zero-order valence-electron chi connectivity index (χ0n) is 10.2. The van der Waals surface area contributed by atoms with Crippen LogP contribution in [0.5, 0.6) is 0 Å². The Morgan fingerprint density at radius 1 is 1.59 bits per heavy atom. The van der Waals surface area contributed by atoms with Crippen molar-refractivity contribution in [1.82, 2.24) is 14.7 Å². The van der Waals surface area contributed by atoms with Gasteiger partial charge in [-0.05, 0) is 30.9 Å². The van der Waals surface area contributed by atoms with E-state index in [4.69, 9.17) is 5.73 Å². The van der Waals surface area contributed by atoms with Gasteiger partial charge in [-0.15, -0.1) is 0 Å². The van der Waals surface area contributed by atoms with Crippen LogP contribution >= 0.6 is 0 Å². The van der Waals surface area contributed by atoms with Crippen molar-refractivity contribution in [2.75, 3.05) is 19.6 Å². The minimum atomic E-state index is 0.138. The average Bonchev–Trinajstić information content (AvgIpc) is 2.82. The molecule has 0 spiro atoms. The van der Waals surface area contributed by atoms with Crippen molar-refractivity contribution in [3.8, 4) is 0 Å². The molecule has 1 saturated heterocycles. The van der Waals surface area contributed by atoms with E-state index < -0.39 is 0 Å². The van der Waals surface area contributed by atoms with Crippen LogP contribution in [0.2, 0.25) is 0 Å². The highest BCUT2D eigenvalue weighted by atomic mass is 16.2. The highest BCUT2D eigenvalue weighted by Gasteiger charge is 2.27. The van der Waals surface area contributed by atoms with Crippen LogP contribution in [0.15, 0.2) is 18.5 Å². The van der Waals surface area contributed by atoms with Gasteiger partial charge in [-0.1, -0.05) is 6.92 Å². The third-order valence-electron chi connectivity index (χ3n) is 3.63. The molecule has 2 rings (SSSR count). The minimum Gasteiger partial charge on any atom is -0.341 e. The number of carbonyl (C=O) groups is 1. The summed E-state index contributed by atoms with van der Waals surface area (Å²) in [4.78, 5) is 14.0. The monoisotopic (exact) mass is 236 g/mol. The van der Waals surface area contributed by atoms with Crippen molar-refractivity contribution in [3.63, 3.8) is 0 Å². The minimum absolute atomic E-state index is 0.138. The summed E-state index contributed by atoms with van der Waals surface area (Å²) in [5, 5.41) is 4.05. The Kier molecular flexibility index (Phi) is 3.78. The molecule has 17 heavy (non-hydrogen) atoms. The van der Waals surface area contributed by atoms with E-state index in [0.29, 0.717) is 24.9 Å². The van der Waals surface area contributed by atoms with Crippen LogP contribution in [-0.4, -0.2) is 40.2 Å².